The van der Waals surface area contributed by atoms with Gasteiger partial charge in [0.2, 0.25) is 11.6 Å². The summed E-state index contributed by atoms with van der Waals surface area (Å²) >= 11 is 0. The number of methoxy groups -OCH3 is 1. The number of fused-ring (bicyclic) bond motifs is 4. The highest BCUT2D eigenvalue weighted by Gasteiger charge is 2.38. The number of ketones is 2. The zero-order valence-corrected chi connectivity index (χ0v) is 9.22. The normalized spacial score (nSPS) is 30.6. The van der Waals surface area contributed by atoms with E-state index in [1.807, 2.05) is 4.90 Å². The number of hydrogen-bond donors (Lipinski definition) is 0. The van der Waals surface area contributed by atoms with E-state index < -0.39 is 17.9 Å². The SMILES string of the molecule is COCCN1CCOC2C=CC1C(=O)C2=O. The van der Waals surface area contributed by atoms with Gasteiger partial charge in [0, 0.05) is 20.2 Å². The van der Waals surface area contributed by atoms with E-state index in [0.717, 1.165) is 0 Å². The van der Waals surface area contributed by atoms with Crippen molar-refractivity contribution >= 4 is 11.6 Å². The summed E-state index contributed by atoms with van der Waals surface area (Å²) in [5, 5.41) is 0. The predicted octanol–water partition coefficient (Wildman–Crippen LogP) is -0.590. The average molecular weight is 225 g/mol. The van der Waals surface area contributed by atoms with E-state index in [4.69, 9.17) is 9.47 Å². The summed E-state index contributed by atoms with van der Waals surface area (Å²) in [6.07, 6.45) is 2.77. The van der Waals surface area contributed by atoms with Gasteiger partial charge in [0.1, 0.15) is 6.10 Å². The highest BCUT2D eigenvalue weighted by molar-refractivity contribution is 6.42. The quantitative estimate of drug-likeness (QED) is 0.474. The molecular formula is C11H15NO4. The van der Waals surface area contributed by atoms with Gasteiger partial charge in [0.15, 0.2) is 0 Å². The van der Waals surface area contributed by atoms with E-state index in [0.29, 0.717) is 26.3 Å². The molecule has 2 bridgehead atoms. The maximum atomic E-state index is 11.8. The summed E-state index contributed by atoms with van der Waals surface area (Å²) in [6.45, 7) is 2.27. The van der Waals surface area contributed by atoms with Crippen molar-refractivity contribution in [3.63, 3.8) is 0 Å². The van der Waals surface area contributed by atoms with Crippen molar-refractivity contribution in [2.75, 3.05) is 33.4 Å². The molecule has 0 N–H and O–H groups in total. The Morgan fingerprint density at radius 1 is 1.44 bits per heavy atom. The molecule has 5 heteroatoms. The van der Waals surface area contributed by atoms with Gasteiger partial charge >= 0.3 is 0 Å². The molecule has 5 nitrogen and oxygen atoms in total. The Balaban J connectivity index is 2.15. The van der Waals surface area contributed by atoms with Crippen LogP contribution in [0, 0.1) is 0 Å². The fourth-order valence-electron chi connectivity index (χ4n) is 1.98. The average Bonchev–Trinajstić information content (AvgIpc) is 2.25. The van der Waals surface area contributed by atoms with Crippen molar-refractivity contribution in [1.29, 1.82) is 0 Å². The molecule has 0 aromatic heterocycles. The van der Waals surface area contributed by atoms with E-state index in [-0.39, 0.29) is 5.78 Å². The first-order valence-electron chi connectivity index (χ1n) is 5.35. The molecular weight excluding hydrogens is 210 g/mol. The van der Waals surface area contributed by atoms with Gasteiger partial charge in [-0.25, -0.2) is 0 Å². The molecule has 0 spiro atoms. The molecule has 1 saturated heterocycles. The molecule has 0 radical (unpaired) electrons. The van der Waals surface area contributed by atoms with Crippen molar-refractivity contribution in [2.45, 2.75) is 12.1 Å². The molecule has 2 unspecified atom stereocenters. The van der Waals surface area contributed by atoms with Crippen LogP contribution in [0.1, 0.15) is 0 Å². The van der Waals surface area contributed by atoms with Gasteiger partial charge < -0.3 is 9.47 Å². The number of rotatable bonds is 3. The van der Waals surface area contributed by atoms with Gasteiger partial charge in [-0.15, -0.1) is 0 Å². The van der Waals surface area contributed by atoms with Gasteiger partial charge in [-0.2, -0.15) is 0 Å². The van der Waals surface area contributed by atoms with Crippen LogP contribution in [0.4, 0.5) is 0 Å². The van der Waals surface area contributed by atoms with Crippen LogP contribution in [-0.2, 0) is 19.1 Å². The third-order valence-electron chi connectivity index (χ3n) is 2.89. The monoisotopic (exact) mass is 225 g/mol. The summed E-state index contributed by atoms with van der Waals surface area (Å²) in [4.78, 5) is 25.3. The summed E-state index contributed by atoms with van der Waals surface area (Å²) in [7, 11) is 1.61. The maximum absolute atomic E-state index is 11.8. The van der Waals surface area contributed by atoms with Crippen LogP contribution >= 0.6 is 0 Å². The second-order valence-electron chi connectivity index (χ2n) is 3.88. The molecule has 2 atom stereocenters. The number of Topliss-reactive ketones (excluding diaryl/α,β-unsaturated/α-hetero) is 2. The Morgan fingerprint density at radius 2 is 2.25 bits per heavy atom. The Kier molecular flexibility index (Phi) is 3.48. The minimum atomic E-state index is -0.659. The number of ether oxygens (including phenoxy) is 2. The van der Waals surface area contributed by atoms with Crippen LogP contribution in [0.2, 0.25) is 0 Å². The summed E-state index contributed by atoms with van der Waals surface area (Å²) < 4.78 is 10.3. The molecule has 0 saturated carbocycles. The first kappa shape index (κ1) is 11.4. The van der Waals surface area contributed by atoms with E-state index in [1.165, 1.54) is 0 Å². The van der Waals surface area contributed by atoms with Gasteiger partial charge in [0.05, 0.1) is 19.3 Å². The van der Waals surface area contributed by atoms with Crippen molar-refractivity contribution < 1.29 is 19.1 Å². The van der Waals surface area contributed by atoms with Crippen molar-refractivity contribution in [2.24, 2.45) is 0 Å². The van der Waals surface area contributed by atoms with E-state index in [2.05, 4.69) is 0 Å². The summed E-state index contributed by atoms with van der Waals surface area (Å²) in [5.74, 6) is -0.807. The first-order chi connectivity index (χ1) is 7.74. The Labute approximate surface area is 94.0 Å². The molecule has 1 aliphatic carbocycles. The fourth-order valence-corrected chi connectivity index (χ4v) is 1.98. The molecule has 88 valence electrons. The summed E-state index contributed by atoms with van der Waals surface area (Å²) in [6, 6.07) is -0.428. The smallest absolute Gasteiger partial charge is 0.232 e. The highest BCUT2D eigenvalue weighted by atomic mass is 16.5. The van der Waals surface area contributed by atoms with Crippen molar-refractivity contribution in [3.8, 4) is 0 Å². The van der Waals surface area contributed by atoms with E-state index >= 15 is 0 Å². The number of carbonyl (C=O) groups excluding carboxylic acids is 2. The maximum Gasteiger partial charge on any atom is 0.232 e. The number of carbonyl (C=O) groups is 2. The largest absolute Gasteiger partial charge is 0.383 e. The molecule has 2 aliphatic heterocycles. The lowest BCUT2D eigenvalue weighted by atomic mass is 9.95. The molecule has 16 heavy (non-hydrogen) atoms. The predicted molar refractivity (Wildman–Crippen MR) is 56.1 cm³/mol. The highest BCUT2D eigenvalue weighted by Crippen LogP contribution is 2.16. The molecule has 3 aliphatic rings. The Morgan fingerprint density at radius 3 is 3.00 bits per heavy atom. The first-order valence-corrected chi connectivity index (χ1v) is 5.35. The zero-order chi connectivity index (χ0) is 11.5. The standard InChI is InChI=1S/C11H15NO4/c1-15-6-4-12-5-7-16-9-3-2-8(12)10(13)11(9)14/h2-3,8-9H,4-7H2,1H3. The van der Waals surface area contributed by atoms with Crippen LogP contribution in [-0.4, -0.2) is 62.0 Å². The molecule has 0 amide bonds. The second-order valence-corrected chi connectivity index (χ2v) is 3.88. The minimum absolute atomic E-state index is 0.372. The minimum Gasteiger partial charge on any atom is -0.383 e. The van der Waals surface area contributed by atoms with Crippen LogP contribution in [0.15, 0.2) is 12.2 Å². The Bertz CT molecular complexity index is 326. The number of nitrogens with zero attached hydrogens (tertiary/aromatic N) is 1. The van der Waals surface area contributed by atoms with Crippen molar-refractivity contribution in [1.82, 2.24) is 4.90 Å². The van der Waals surface area contributed by atoms with E-state index in [1.54, 1.807) is 19.3 Å². The van der Waals surface area contributed by atoms with Gasteiger partial charge in [-0.3, -0.25) is 14.5 Å². The van der Waals surface area contributed by atoms with Crippen LogP contribution in [0.5, 0.6) is 0 Å². The van der Waals surface area contributed by atoms with Crippen molar-refractivity contribution in [3.05, 3.63) is 12.2 Å². The lowest BCUT2D eigenvalue weighted by Crippen LogP contribution is -2.53. The molecule has 0 aromatic rings. The van der Waals surface area contributed by atoms with Crippen LogP contribution in [0.25, 0.3) is 0 Å². The van der Waals surface area contributed by atoms with Crippen LogP contribution < -0.4 is 0 Å². The molecule has 1 fully saturated rings. The fraction of sp³-hybridized carbons (Fsp3) is 0.636. The Hall–Kier alpha value is -1.04. The lowest BCUT2D eigenvalue weighted by Gasteiger charge is -2.34. The molecule has 2 heterocycles. The van der Waals surface area contributed by atoms with Gasteiger partial charge in [0.25, 0.3) is 0 Å². The lowest BCUT2D eigenvalue weighted by molar-refractivity contribution is -0.147. The van der Waals surface area contributed by atoms with Gasteiger partial charge in [-0.1, -0.05) is 6.08 Å². The van der Waals surface area contributed by atoms with Gasteiger partial charge in [-0.05, 0) is 6.08 Å². The third kappa shape index (κ3) is 2.07. The molecule has 0 aromatic carbocycles. The number of hydrogen-bond acceptors (Lipinski definition) is 5. The zero-order valence-electron chi connectivity index (χ0n) is 9.22. The van der Waals surface area contributed by atoms with Crippen LogP contribution in [0.3, 0.4) is 0 Å². The molecule has 3 rings (SSSR count). The topological polar surface area (TPSA) is 55.8 Å². The second kappa shape index (κ2) is 4.86. The van der Waals surface area contributed by atoms with E-state index in [9.17, 15) is 9.59 Å². The third-order valence-corrected chi connectivity index (χ3v) is 2.89. The summed E-state index contributed by atoms with van der Waals surface area (Å²) in [5.41, 5.74) is 0.